The number of ether oxygens (including phenoxy) is 1. The maximum atomic E-state index is 10.2. The number of nitrogens with two attached hydrogens (primary N) is 1. The molecule has 0 aliphatic heterocycles. The standard InChI is InChI=1S/C5H12N2O2/c1-3-4(9-2)7-5(6)8/h4H,3H2,1-2H3,(H3,6,7,8). The van der Waals surface area contributed by atoms with Crippen molar-refractivity contribution in [1.82, 2.24) is 5.32 Å². The molecule has 4 nitrogen and oxygen atoms in total. The number of hydrogen-bond acceptors (Lipinski definition) is 2. The summed E-state index contributed by atoms with van der Waals surface area (Å²) < 4.78 is 4.80. The molecule has 9 heavy (non-hydrogen) atoms. The Balaban J connectivity index is 3.43. The highest BCUT2D eigenvalue weighted by atomic mass is 16.5. The molecule has 3 N–H and O–H groups in total. The van der Waals surface area contributed by atoms with Crippen LogP contribution < -0.4 is 11.1 Å². The van der Waals surface area contributed by atoms with Gasteiger partial charge in [-0.2, -0.15) is 0 Å². The third kappa shape index (κ3) is 3.78. The number of urea groups is 1. The van der Waals surface area contributed by atoms with Gasteiger partial charge in [-0.05, 0) is 6.42 Å². The van der Waals surface area contributed by atoms with Crippen molar-refractivity contribution in [1.29, 1.82) is 0 Å². The second-order valence-corrected chi connectivity index (χ2v) is 1.64. The van der Waals surface area contributed by atoms with Gasteiger partial charge in [-0.3, -0.25) is 0 Å². The number of nitrogens with one attached hydrogen (secondary N) is 1. The molecule has 0 aromatic rings. The minimum Gasteiger partial charge on any atom is -0.362 e. The van der Waals surface area contributed by atoms with Gasteiger partial charge in [0.05, 0.1) is 0 Å². The summed E-state index contributed by atoms with van der Waals surface area (Å²) in [5.74, 6) is 0. The van der Waals surface area contributed by atoms with Gasteiger partial charge in [-0.15, -0.1) is 0 Å². The molecule has 0 aliphatic carbocycles. The maximum Gasteiger partial charge on any atom is 0.314 e. The first kappa shape index (κ1) is 8.23. The number of methoxy groups -OCH3 is 1. The van der Waals surface area contributed by atoms with Gasteiger partial charge in [0.15, 0.2) is 0 Å². The Morgan fingerprint density at radius 1 is 1.89 bits per heavy atom. The highest BCUT2D eigenvalue weighted by Crippen LogP contribution is 1.88. The number of rotatable bonds is 3. The second kappa shape index (κ2) is 4.14. The van der Waals surface area contributed by atoms with Crippen molar-refractivity contribution >= 4 is 6.03 Å². The number of carbonyl (C=O) groups is 1. The summed E-state index contributed by atoms with van der Waals surface area (Å²) in [4.78, 5) is 10.2. The van der Waals surface area contributed by atoms with Gasteiger partial charge in [-0.25, -0.2) is 4.79 Å². The Morgan fingerprint density at radius 2 is 2.44 bits per heavy atom. The molecule has 0 spiro atoms. The zero-order chi connectivity index (χ0) is 7.28. The molecule has 0 rings (SSSR count). The topological polar surface area (TPSA) is 64.3 Å². The van der Waals surface area contributed by atoms with Crippen LogP contribution in [-0.4, -0.2) is 19.4 Å². The summed E-state index contributed by atoms with van der Waals surface area (Å²) in [5, 5.41) is 2.40. The van der Waals surface area contributed by atoms with Crippen LogP contribution in [0.2, 0.25) is 0 Å². The van der Waals surface area contributed by atoms with Crippen LogP contribution in [0.25, 0.3) is 0 Å². The predicted octanol–water partition coefficient (Wildman–Crippen LogP) is 0.0372. The highest BCUT2D eigenvalue weighted by Gasteiger charge is 2.03. The van der Waals surface area contributed by atoms with E-state index in [1.165, 1.54) is 7.11 Å². The molecule has 0 radical (unpaired) electrons. The van der Waals surface area contributed by atoms with Gasteiger partial charge in [0, 0.05) is 7.11 Å². The van der Waals surface area contributed by atoms with Crippen molar-refractivity contribution in [2.24, 2.45) is 5.73 Å². The van der Waals surface area contributed by atoms with Crippen LogP contribution in [-0.2, 0) is 4.74 Å². The lowest BCUT2D eigenvalue weighted by Gasteiger charge is -2.11. The fourth-order valence-electron chi connectivity index (χ4n) is 0.486. The third-order valence-corrected chi connectivity index (χ3v) is 0.959. The Hall–Kier alpha value is -0.770. The average Bonchev–Trinajstić information content (AvgIpc) is 1.82. The van der Waals surface area contributed by atoms with E-state index in [1.807, 2.05) is 6.92 Å². The summed E-state index contributed by atoms with van der Waals surface area (Å²) in [7, 11) is 1.52. The summed E-state index contributed by atoms with van der Waals surface area (Å²) >= 11 is 0. The zero-order valence-electron chi connectivity index (χ0n) is 5.68. The Kier molecular flexibility index (Phi) is 3.79. The van der Waals surface area contributed by atoms with E-state index in [4.69, 9.17) is 10.5 Å². The van der Waals surface area contributed by atoms with Gasteiger partial charge < -0.3 is 15.8 Å². The summed E-state index contributed by atoms with van der Waals surface area (Å²) in [6.07, 6.45) is 0.474. The molecular weight excluding hydrogens is 120 g/mol. The van der Waals surface area contributed by atoms with E-state index in [1.54, 1.807) is 0 Å². The second-order valence-electron chi connectivity index (χ2n) is 1.64. The summed E-state index contributed by atoms with van der Waals surface area (Å²) in [6.45, 7) is 1.89. The van der Waals surface area contributed by atoms with Gasteiger partial charge in [-0.1, -0.05) is 6.92 Å². The Bertz CT molecular complexity index is 91.0. The van der Waals surface area contributed by atoms with Crippen molar-refractivity contribution in [2.45, 2.75) is 19.6 Å². The highest BCUT2D eigenvalue weighted by molar-refractivity contribution is 5.71. The van der Waals surface area contributed by atoms with Gasteiger partial charge in [0.2, 0.25) is 0 Å². The molecule has 0 aromatic heterocycles. The fourth-order valence-corrected chi connectivity index (χ4v) is 0.486. The molecule has 0 aliphatic rings. The molecule has 0 fully saturated rings. The van der Waals surface area contributed by atoms with Crippen LogP contribution >= 0.6 is 0 Å². The van der Waals surface area contributed by atoms with Gasteiger partial charge in [0.25, 0.3) is 0 Å². The monoisotopic (exact) mass is 132 g/mol. The minimum absolute atomic E-state index is 0.248. The van der Waals surface area contributed by atoms with Gasteiger partial charge >= 0.3 is 6.03 Å². The summed E-state index contributed by atoms with van der Waals surface area (Å²) in [6, 6.07) is -0.552. The number of carbonyl (C=O) groups excluding carboxylic acids is 1. The van der Waals surface area contributed by atoms with Crippen molar-refractivity contribution in [3.8, 4) is 0 Å². The first-order valence-corrected chi connectivity index (χ1v) is 2.79. The van der Waals surface area contributed by atoms with E-state index in [9.17, 15) is 4.79 Å². The van der Waals surface area contributed by atoms with Crippen molar-refractivity contribution in [3.05, 3.63) is 0 Å². The molecule has 2 amide bonds. The lowest BCUT2D eigenvalue weighted by Crippen LogP contribution is -2.39. The number of amides is 2. The fraction of sp³-hybridized carbons (Fsp3) is 0.800. The first-order valence-electron chi connectivity index (χ1n) is 2.79. The third-order valence-electron chi connectivity index (χ3n) is 0.959. The molecule has 0 saturated carbocycles. The van der Waals surface area contributed by atoms with Crippen LogP contribution in [0.4, 0.5) is 4.79 Å². The molecule has 0 saturated heterocycles. The molecular formula is C5H12N2O2. The van der Waals surface area contributed by atoms with E-state index in [0.717, 1.165) is 6.42 Å². The van der Waals surface area contributed by atoms with Crippen molar-refractivity contribution < 1.29 is 9.53 Å². The van der Waals surface area contributed by atoms with Crippen LogP contribution in [0.5, 0.6) is 0 Å². The average molecular weight is 132 g/mol. The molecule has 0 aromatic carbocycles. The SMILES string of the molecule is CCC(NC(N)=O)OC. The van der Waals surface area contributed by atoms with E-state index in [-0.39, 0.29) is 6.23 Å². The van der Waals surface area contributed by atoms with Gasteiger partial charge in [0.1, 0.15) is 6.23 Å². The van der Waals surface area contributed by atoms with Crippen molar-refractivity contribution in [2.75, 3.05) is 7.11 Å². The quantitative estimate of drug-likeness (QED) is 0.532. The largest absolute Gasteiger partial charge is 0.362 e. The molecule has 0 heterocycles. The Labute approximate surface area is 54.4 Å². The Morgan fingerprint density at radius 3 is 2.56 bits per heavy atom. The van der Waals surface area contributed by atoms with E-state index >= 15 is 0 Å². The normalized spacial score (nSPS) is 12.7. The zero-order valence-corrected chi connectivity index (χ0v) is 5.68. The smallest absolute Gasteiger partial charge is 0.314 e. The lowest BCUT2D eigenvalue weighted by molar-refractivity contribution is 0.0798. The number of hydrogen-bond donors (Lipinski definition) is 2. The van der Waals surface area contributed by atoms with E-state index < -0.39 is 6.03 Å². The molecule has 1 atom stereocenters. The predicted molar refractivity (Wildman–Crippen MR) is 33.8 cm³/mol. The van der Waals surface area contributed by atoms with Crippen molar-refractivity contribution in [3.63, 3.8) is 0 Å². The van der Waals surface area contributed by atoms with Crippen LogP contribution in [0.3, 0.4) is 0 Å². The minimum atomic E-state index is -0.552. The van der Waals surface area contributed by atoms with Crippen LogP contribution in [0, 0.1) is 0 Å². The van der Waals surface area contributed by atoms with E-state index in [2.05, 4.69) is 5.32 Å². The molecule has 54 valence electrons. The number of primary amides is 1. The summed E-state index contributed by atoms with van der Waals surface area (Å²) in [5.41, 5.74) is 4.81. The van der Waals surface area contributed by atoms with E-state index in [0.29, 0.717) is 0 Å². The molecule has 1 unspecified atom stereocenters. The van der Waals surface area contributed by atoms with Crippen LogP contribution in [0.15, 0.2) is 0 Å². The first-order chi connectivity index (χ1) is 4.20. The molecule has 0 bridgehead atoms. The van der Waals surface area contributed by atoms with Crippen LogP contribution in [0.1, 0.15) is 13.3 Å². The lowest BCUT2D eigenvalue weighted by atomic mass is 10.4. The maximum absolute atomic E-state index is 10.2. The molecule has 4 heteroatoms.